The first-order chi connectivity index (χ1) is 9.29. The number of fused-ring (bicyclic) bond motifs is 1. The molecule has 0 unspecified atom stereocenters. The van der Waals surface area contributed by atoms with Crippen LogP contribution in [0.3, 0.4) is 0 Å². The minimum Gasteiger partial charge on any atom is -0.382 e. The highest BCUT2D eigenvalue weighted by Crippen LogP contribution is 2.19. The van der Waals surface area contributed by atoms with Crippen molar-refractivity contribution in [2.45, 2.75) is 6.42 Å². The van der Waals surface area contributed by atoms with Gasteiger partial charge in [-0.3, -0.25) is 0 Å². The van der Waals surface area contributed by atoms with Gasteiger partial charge < -0.3 is 5.73 Å². The predicted molar refractivity (Wildman–Crippen MR) is 71.4 cm³/mol. The van der Waals surface area contributed by atoms with Crippen molar-refractivity contribution in [3.05, 3.63) is 59.4 Å². The molecule has 5 heteroatoms. The van der Waals surface area contributed by atoms with Crippen LogP contribution in [0.1, 0.15) is 16.8 Å². The van der Waals surface area contributed by atoms with Gasteiger partial charge in [0.15, 0.2) is 5.65 Å². The summed E-state index contributed by atoms with van der Waals surface area (Å²) >= 11 is 0. The normalized spacial score (nSPS) is 10.5. The van der Waals surface area contributed by atoms with Crippen molar-refractivity contribution in [1.82, 2.24) is 14.6 Å². The molecule has 0 saturated heterocycles. The maximum atomic E-state index is 9.26. The molecule has 0 fully saturated rings. The average molecular weight is 249 g/mol. The van der Waals surface area contributed by atoms with Gasteiger partial charge in [-0.05, 0) is 5.56 Å². The maximum Gasteiger partial charge on any atom is 0.157 e. The zero-order valence-electron chi connectivity index (χ0n) is 10.1. The number of nitriles is 1. The molecular formula is C14H11N5. The molecule has 3 aromatic rings. The second-order valence-electron chi connectivity index (χ2n) is 4.19. The molecule has 3 rings (SSSR count). The van der Waals surface area contributed by atoms with Gasteiger partial charge in [-0.2, -0.15) is 14.9 Å². The molecule has 0 aliphatic carbocycles. The summed E-state index contributed by atoms with van der Waals surface area (Å²) in [6.07, 6.45) is 2.20. The van der Waals surface area contributed by atoms with Crippen LogP contribution in [0.25, 0.3) is 5.65 Å². The summed E-state index contributed by atoms with van der Waals surface area (Å²) in [6, 6.07) is 13.8. The Bertz CT molecular complexity index is 768. The topological polar surface area (TPSA) is 80.0 Å². The monoisotopic (exact) mass is 249 g/mol. The Kier molecular flexibility index (Phi) is 2.62. The lowest BCUT2D eigenvalue weighted by molar-refractivity contribution is 0.924. The molecule has 0 amide bonds. The highest BCUT2D eigenvalue weighted by Gasteiger charge is 2.13. The number of hydrogen-bond acceptors (Lipinski definition) is 4. The van der Waals surface area contributed by atoms with E-state index in [2.05, 4.69) is 16.2 Å². The third kappa shape index (κ3) is 1.89. The molecule has 2 N–H and O–H groups in total. The number of nitrogen functional groups attached to an aromatic ring is 1. The van der Waals surface area contributed by atoms with E-state index in [4.69, 9.17) is 5.73 Å². The second-order valence-corrected chi connectivity index (χ2v) is 4.19. The third-order valence-corrected chi connectivity index (χ3v) is 2.97. The van der Waals surface area contributed by atoms with Crippen molar-refractivity contribution in [2.24, 2.45) is 0 Å². The molecule has 5 nitrogen and oxygen atoms in total. The maximum absolute atomic E-state index is 9.26. The van der Waals surface area contributed by atoms with Crippen molar-refractivity contribution < 1.29 is 0 Å². The smallest absolute Gasteiger partial charge is 0.157 e. The van der Waals surface area contributed by atoms with Crippen LogP contribution in [0.15, 0.2) is 42.6 Å². The van der Waals surface area contributed by atoms with Crippen LogP contribution < -0.4 is 5.73 Å². The molecule has 2 heterocycles. The summed E-state index contributed by atoms with van der Waals surface area (Å²) in [6.45, 7) is 0. The first kappa shape index (κ1) is 11.2. The summed E-state index contributed by atoms with van der Waals surface area (Å²) in [5, 5.41) is 13.3. The van der Waals surface area contributed by atoms with E-state index in [1.807, 2.05) is 30.3 Å². The van der Waals surface area contributed by atoms with Crippen LogP contribution in [0.4, 0.5) is 5.82 Å². The lowest BCUT2D eigenvalue weighted by Crippen LogP contribution is -2.08. The molecule has 0 aliphatic heterocycles. The van der Waals surface area contributed by atoms with E-state index in [0.717, 1.165) is 5.56 Å². The fourth-order valence-electron chi connectivity index (χ4n) is 2.05. The third-order valence-electron chi connectivity index (χ3n) is 2.97. The van der Waals surface area contributed by atoms with Crippen molar-refractivity contribution in [3.8, 4) is 6.07 Å². The number of nitrogens with two attached hydrogens (primary N) is 1. The van der Waals surface area contributed by atoms with Gasteiger partial charge in [0.2, 0.25) is 0 Å². The molecule has 0 aliphatic rings. The van der Waals surface area contributed by atoms with E-state index in [1.165, 1.54) is 4.52 Å². The highest BCUT2D eigenvalue weighted by atomic mass is 15.3. The summed E-state index contributed by atoms with van der Waals surface area (Å²) in [4.78, 5) is 4.46. The van der Waals surface area contributed by atoms with Crippen LogP contribution in [-0.2, 0) is 6.42 Å². The predicted octanol–water partition coefficient (Wildman–Crippen LogP) is 1.77. The van der Waals surface area contributed by atoms with Crippen molar-refractivity contribution in [3.63, 3.8) is 0 Å². The van der Waals surface area contributed by atoms with Gasteiger partial charge in [0.25, 0.3) is 0 Å². The Balaban J connectivity index is 2.15. The van der Waals surface area contributed by atoms with Crippen molar-refractivity contribution >= 4 is 11.5 Å². The summed E-state index contributed by atoms with van der Waals surface area (Å²) in [7, 11) is 0. The Hall–Kier alpha value is -2.87. The molecule has 92 valence electrons. The van der Waals surface area contributed by atoms with Crippen molar-refractivity contribution in [1.29, 1.82) is 5.26 Å². The largest absolute Gasteiger partial charge is 0.382 e. The number of nitrogens with zero attached hydrogens (tertiary/aromatic N) is 4. The first-order valence-electron chi connectivity index (χ1n) is 5.85. The van der Waals surface area contributed by atoms with Crippen LogP contribution >= 0.6 is 0 Å². The summed E-state index contributed by atoms with van der Waals surface area (Å²) in [5.41, 5.74) is 8.78. The molecule has 19 heavy (non-hydrogen) atoms. The van der Waals surface area contributed by atoms with Crippen LogP contribution in [0, 0.1) is 11.3 Å². The SMILES string of the molecule is N#Cc1c(Cc2ccccc2)nc2ccnn2c1N. The minimum absolute atomic E-state index is 0.337. The molecule has 0 atom stereocenters. The Labute approximate surface area is 109 Å². The van der Waals surface area contributed by atoms with Gasteiger partial charge in [0.05, 0.1) is 11.9 Å². The van der Waals surface area contributed by atoms with Gasteiger partial charge in [0.1, 0.15) is 17.5 Å². The van der Waals surface area contributed by atoms with E-state index in [9.17, 15) is 5.26 Å². The zero-order valence-corrected chi connectivity index (χ0v) is 10.1. The standard InChI is InChI=1S/C14H11N5/c15-9-11-12(8-10-4-2-1-3-5-10)18-13-6-7-17-19(13)14(11)16/h1-7H,8,16H2. The molecule has 0 saturated carbocycles. The molecule has 1 aromatic carbocycles. The number of benzene rings is 1. The van der Waals surface area contributed by atoms with Gasteiger partial charge in [-0.15, -0.1) is 0 Å². The minimum atomic E-state index is 0.337. The average Bonchev–Trinajstić information content (AvgIpc) is 2.89. The Morgan fingerprint density at radius 2 is 2.00 bits per heavy atom. The van der Waals surface area contributed by atoms with E-state index in [1.54, 1.807) is 12.3 Å². The van der Waals surface area contributed by atoms with Crippen LogP contribution in [0.5, 0.6) is 0 Å². The molecular weight excluding hydrogens is 238 g/mol. The summed E-state index contributed by atoms with van der Waals surface area (Å²) < 4.78 is 1.48. The quantitative estimate of drug-likeness (QED) is 0.750. The summed E-state index contributed by atoms with van der Waals surface area (Å²) in [5.74, 6) is 0.337. The van der Waals surface area contributed by atoms with Crippen LogP contribution in [-0.4, -0.2) is 14.6 Å². The number of aromatic nitrogens is 3. The van der Waals surface area contributed by atoms with E-state index in [-0.39, 0.29) is 0 Å². The van der Waals surface area contributed by atoms with Gasteiger partial charge in [0, 0.05) is 12.5 Å². The van der Waals surface area contributed by atoms with E-state index >= 15 is 0 Å². The molecule has 2 aromatic heterocycles. The van der Waals surface area contributed by atoms with Crippen LogP contribution in [0.2, 0.25) is 0 Å². The number of anilines is 1. The highest BCUT2D eigenvalue weighted by molar-refractivity contribution is 5.58. The first-order valence-corrected chi connectivity index (χ1v) is 5.85. The second kappa shape index (κ2) is 4.42. The number of rotatable bonds is 2. The Morgan fingerprint density at radius 1 is 1.21 bits per heavy atom. The van der Waals surface area contributed by atoms with Gasteiger partial charge in [-0.25, -0.2) is 4.98 Å². The van der Waals surface area contributed by atoms with Crippen molar-refractivity contribution in [2.75, 3.05) is 5.73 Å². The van der Waals surface area contributed by atoms with Gasteiger partial charge in [-0.1, -0.05) is 30.3 Å². The zero-order chi connectivity index (χ0) is 13.2. The van der Waals surface area contributed by atoms with Gasteiger partial charge >= 0.3 is 0 Å². The molecule has 0 bridgehead atoms. The fourth-order valence-corrected chi connectivity index (χ4v) is 2.05. The number of hydrogen-bond donors (Lipinski definition) is 1. The lowest BCUT2D eigenvalue weighted by Gasteiger charge is -2.07. The fraction of sp³-hybridized carbons (Fsp3) is 0.0714. The lowest BCUT2D eigenvalue weighted by atomic mass is 10.1. The molecule has 0 spiro atoms. The molecule has 0 radical (unpaired) electrons. The van der Waals surface area contributed by atoms with E-state index in [0.29, 0.717) is 29.1 Å². The van der Waals surface area contributed by atoms with E-state index < -0.39 is 0 Å². The Morgan fingerprint density at radius 3 is 2.74 bits per heavy atom.